The highest BCUT2D eigenvalue weighted by atomic mass is 35.5. The standard InChI is InChI=1S/C26H35ClO17/c1-10(28)35-8-17-20(21(38-13(4)31)23(25(27)42-17)40-15(6)33)44-26-24(41-16(7)34)22(39-14(5)32)19(37-12(3)30)18(43-26)9-36-11(2)29/h17-26H,8-9H2,1-7H3/t17-,18-,19-,20-,21+,22+,23-,24-,25+,26+/m1/s1. The first-order chi connectivity index (χ1) is 20.5. The molecule has 0 aromatic rings. The van der Waals surface area contributed by atoms with Crippen LogP contribution in [0.3, 0.4) is 0 Å². The van der Waals surface area contributed by atoms with Gasteiger partial charge in [0.15, 0.2) is 42.4 Å². The Kier molecular flexibility index (Phi) is 13.8. The van der Waals surface area contributed by atoms with Crippen LogP contribution in [0.25, 0.3) is 0 Å². The summed E-state index contributed by atoms with van der Waals surface area (Å²) in [6.45, 7) is 6.37. The van der Waals surface area contributed by atoms with Crippen LogP contribution < -0.4 is 0 Å². The number of ether oxygens (including phenoxy) is 10. The number of hydrogen-bond acceptors (Lipinski definition) is 17. The molecule has 0 aromatic carbocycles. The molecule has 2 saturated heterocycles. The summed E-state index contributed by atoms with van der Waals surface area (Å²) in [5.74, 6) is -5.80. The van der Waals surface area contributed by atoms with Crippen molar-refractivity contribution in [2.45, 2.75) is 109 Å². The van der Waals surface area contributed by atoms with Gasteiger partial charge in [0, 0.05) is 48.5 Å². The normalized spacial score (nSPS) is 31.5. The van der Waals surface area contributed by atoms with Crippen molar-refractivity contribution in [1.29, 1.82) is 0 Å². The van der Waals surface area contributed by atoms with Gasteiger partial charge in [-0.05, 0) is 0 Å². The van der Waals surface area contributed by atoms with Crippen LogP contribution in [0.4, 0.5) is 0 Å². The van der Waals surface area contributed by atoms with Gasteiger partial charge in [-0.1, -0.05) is 11.6 Å². The van der Waals surface area contributed by atoms with E-state index in [9.17, 15) is 33.6 Å². The number of alkyl halides is 1. The zero-order chi connectivity index (χ0) is 33.3. The van der Waals surface area contributed by atoms with Crippen LogP contribution in [-0.2, 0) is 80.9 Å². The topological polar surface area (TPSA) is 212 Å². The Bertz CT molecular complexity index is 1090. The van der Waals surface area contributed by atoms with E-state index in [0.29, 0.717) is 0 Å². The van der Waals surface area contributed by atoms with Crippen LogP contribution in [0.1, 0.15) is 48.5 Å². The summed E-state index contributed by atoms with van der Waals surface area (Å²) in [4.78, 5) is 83.6. The summed E-state index contributed by atoms with van der Waals surface area (Å²) in [7, 11) is 0. The van der Waals surface area contributed by atoms with E-state index >= 15 is 0 Å². The van der Waals surface area contributed by atoms with Gasteiger partial charge < -0.3 is 47.4 Å². The molecule has 2 aliphatic rings. The van der Waals surface area contributed by atoms with Crippen molar-refractivity contribution in [1.82, 2.24) is 0 Å². The minimum absolute atomic E-state index is 0.515. The van der Waals surface area contributed by atoms with Gasteiger partial charge in [0.25, 0.3) is 0 Å². The second-order valence-corrected chi connectivity index (χ2v) is 10.1. The van der Waals surface area contributed by atoms with Crippen LogP contribution in [0.15, 0.2) is 0 Å². The summed E-state index contributed by atoms with van der Waals surface area (Å²) in [6, 6.07) is 0. The Labute approximate surface area is 256 Å². The molecule has 0 radical (unpaired) electrons. The lowest BCUT2D eigenvalue weighted by Gasteiger charge is -2.48. The quantitative estimate of drug-likeness (QED) is 0.161. The maximum Gasteiger partial charge on any atom is 0.303 e. The molecule has 18 heteroatoms. The van der Waals surface area contributed by atoms with Crippen molar-refractivity contribution >= 4 is 53.4 Å². The van der Waals surface area contributed by atoms with Crippen molar-refractivity contribution in [3.8, 4) is 0 Å². The summed E-state index contributed by atoms with van der Waals surface area (Å²) in [6.07, 6.45) is -13.7. The first-order valence-electron chi connectivity index (χ1n) is 13.2. The molecule has 0 bridgehead atoms. The summed E-state index contributed by atoms with van der Waals surface area (Å²) in [5, 5.41) is 0. The summed E-state index contributed by atoms with van der Waals surface area (Å²) in [5.41, 5.74) is -1.43. The SMILES string of the molecule is CC(=O)OC[C@H]1O[C@H](Cl)[C@H](OC(C)=O)[C@@H](OC(C)=O)[C@@H]1O[C@@H]1O[C@H](COC(C)=O)[C@@H](OC(C)=O)[C@H](OC(C)=O)[C@H]1OC(C)=O. The molecule has 2 rings (SSSR count). The van der Waals surface area contributed by atoms with Crippen molar-refractivity contribution in [3.05, 3.63) is 0 Å². The first kappa shape index (κ1) is 36.7. The maximum atomic E-state index is 12.2. The van der Waals surface area contributed by atoms with Gasteiger partial charge in [0.1, 0.15) is 31.5 Å². The molecule has 0 aromatic heterocycles. The van der Waals surface area contributed by atoms with E-state index in [0.717, 1.165) is 48.5 Å². The van der Waals surface area contributed by atoms with E-state index in [4.69, 9.17) is 59.0 Å². The predicted octanol–water partition coefficient (Wildman–Crippen LogP) is -0.155. The van der Waals surface area contributed by atoms with Gasteiger partial charge in [-0.2, -0.15) is 0 Å². The lowest BCUT2D eigenvalue weighted by molar-refractivity contribution is -0.341. The fourth-order valence-corrected chi connectivity index (χ4v) is 4.79. The summed E-state index contributed by atoms with van der Waals surface area (Å²) < 4.78 is 54.7. The van der Waals surface area contributed by atoms with Crippen LogP contribution in [0.5, 0.6) is 0 Å². The molecule has 44 heavy (non-hydrogen) atoms. The minimum atomic E-state index is -1.76. The fraction of sp³-hybridized carbons (Fsp3) is 0.731. The van der Waals surface area contributed by atoms with E-state index in [1.165, 1.54) is 0 Å². The van der Waals surface area contributed by atoms with Crippen LogP contribution in [-0.4, -0.2) is 116 Å². The minimum Gasteiger partial charge on any atom is -0.463 e. The second kappa shape index (κ2) is 16.5. The molecule has 0 N–H and O–H groups in total. The Morgan fingerprint density at radius 2 is 0.841 bits per heavy atom. The largest absolute Gasteiger partial charge is 0.463 e. The molecular weight excluding hydrogens is 620 g/mol. The molecule has 2 heterocycles. The zero-order valence-corrected chi connectivity index (χ0v) is 25.8. The highest BCUT2D eigenvalue weighted by Crippen LogP contribution is 2.36. The van der Waals surface area contributed by atoms with Crippen LogP contribution >= 0.6 is 11.6 Å². The average Bonchev–Trinajstić information content (AvgIpc) is 2.87. The van der Waals surface area contributed by atoms with Gasteiger partial charge >= 0.3 is 41.8 Å². The maximum absolute atomic E-state index is 12.2. The number of rotatable bonds is 11. The van der Waals surface area contributed by atoms with Gasteiger partial charge in [0.05, 0.1) is 0 Å². The molecule has 0 amide bonds. The smallest absolute Gasteiger partial charge is 0.303 e. The van der Waals surface area contributed by atoms with Crippen molar-refractivity contribution in [2.24, 2.45) is 0 Å². The molecule has 0 aliphatic carbocycles. The molecule has 0 saturated carbocycles. The Balaban J connectivity index is 2.66. The first-order valence-corrected chi connectivity index (χ1v) is 13.7. The van der Waals surface area contributed by atoms with Crippen molar-refractivity contribution in [2.75, 3.05) is 13.2 Å². The Morgan fingerprint density at radius 1 is 0.477 bits per heavy atom. The molecule has 17 nitrogen and oxygen atoms in total. The number of hydrogen-bond donors (Lipinski definition) is 0. The lowest BCUT2D eigenvalue weighted by Crippen LogP contribution is -2.66. The van der Waals surface area contributed by atoms with Crippen molar-refractivity contribution in [3.63, 3.8) is 0 Å². The van der Waals surface area contributed by atoms with Crippen LogP contribution in [0, 0.1) is 0 Å². The third kappa shape index (κ3) is 10.9. The summed E-state index contributed by atoms with van der Waals surface area (Å²) >= 11 is 6.32. The Hall–Kier alpha value is -3.54. The third-order valence-corrected chi connectivity index (χ3v) is 6.22. The molecule has 248 valence electrons. The van der Waals surface area contributed by atoms with Gasteiger partial charge in [-0.15, -0.1) is 0 Å². The monoisotopic (exact) mass is 654 g/mol. The van der Waals surface area contributed by atoms with E-state index in [1.54, 1.807) is 0 Å². The number of carbonyl (C=O) groups is 7. The molecule has 10 atom stereocenters. The predicted molar refractivity (Wildman–Crippen MR) is 139 cm³/mol. The second-order valence-electron chi connectivity index (χ2n) is 9.64. The zero-order valence-electron chi connectivity index (χ0n) is 25.0. The van der Waals surface area contributed by atoms with Gasteiger partial charge in [-0.3, -0.25) is 33.6 Å². The van der Waals surface area contributed by atoms with Gasteiger partial charge in [-0.25, -0.2) is 0 Å². The number of halogens is 1. The molecule has 0 spiro atoms. The van der Waals surface area contributed by atoms with E-state index in [2.05, 4.69) is 0 Å². The molecule has 2 aliphatic heterocycles. The molecule has 2 fully saturated rings. The Morgan fingerprint density at radius 3 is 1.27 bits per heavy atom. The highest BCUT2D eigenvalue weighted by Gasteiger charge is 2.57. The van der Waals surface area contributed by atoms with Crippen molar-refractivity contribution < 1.29 is 80.9 Å². The molecule has 0 unspecified atom stereocenters. The van der Waals surface area contributed by atoms with E-state index in [-0.39, 0.29) is 0 Å². The average molecular weight is 655 g/mol. The third-order valence-electron chi connectivity index (χ3n) is 5.87. The van der Waals surface area contributed by atoms with E-state index in [1.807, 2.05) is 0 Å². The number of carbonyl (C=O) groups excluding carboxylic acids is 7. The highest BCUT2D eigenvalue weighted by molar-refractivity contribution is 6.20. The molecular formula is C26H35ClO17. The lowest BCUT2D eigenvalue weighted by atomic mass is 9.96. The van der Waals surface area contributed by atoms with Gasteiger partial charge in [0.2, 0.25) is 0 Å². The fourth-order valence-electron chi connectivity index (χ4n) is 4.46. The van der Waals surface area contributed by atoms with Crippen LogP contribution in [0.2, 0.25) is 0 Å². The number of esters is 7. The van der Waals surface area contributed by atoms with E-state index < -0.39 is 116 Å².